The molecule has 1 heterocycles. The summed E-state index contributed by atoms with van der Waals surface area (Å²) >= 11 is 0. The van der Waals surface area contributed by atoms with Crippen molar-refractivity contribution in [1.82, 2.24) is 15.1 Å². The molecule has 1 saturated carbocycles. The first-order valence-corrected chi connectivity index (χ1v) is 6.01. The Morgan fingerprint density at radius 3 is 2.88 bits per heavy atom. The molecule has 4 nitrogen and oxygen atoms in total. The van der Waals surface area contributed by atoms with Gasteiger partial charge in [0.2, 0.25) is 0 Å². The Balaban J connectivity index is 1.94. The molecule has 90 valence electrons. The van der Waals surface area contributed by atoms with Gasteiger partial charge < -0.3 is 10.4 Å². The van der Waals surface area contributed by atoms with Gasteiger partial charge in [0, 0.05) is 24.0 Å². The summed E-state index contributed by atoms with van der Waals surface area (Å²) in [6.07, 6.45) is 7.14. The highest BCUT2D eigenvalue weighted by atomic mass is 16.3. The lowest BCUT2D eigenvalue weighted by atomic mass is 9.94. The lowest BCUT2D eigenvalue weighted by Crippen LogP contribution is -2.48. The molecule has 4 heteroatoms. The van der Waals surface area contributed by atoms with Gasteiger partial charge in [0.1, 0.15) is 0 Å². The lowest BCUT2D eigenvalue weighted by molar-refractivity contribution is 0.147. The van der Waals surface area contributed by atoms with Gasteiger partial charge in [0.05, 0.1) is 12.6 Å². The van der Waals surface area contributed by atoms with Crippen LogP contribution in [0.5, 0.6) is 0 Å². The van der Waals surface area contributed by atoms with E-state index in [-0.39, 0.29) is 12.1 Å². The summed E-state index contributed by atoms with van der Waals surface area (Å²) in [5.41, 5.74) is -0.188. The lowest BCUT2D eigenvalue weighted by Gasteiger charge is -2.31. The van der Waals surface area contributed by atoms with E-state index in [0.29, 0.717) is 12.1 Å². The molecule has 0 bridgehead atoms. The molecule has 2 unspecified atom stereocenters. The molecule has 16 heavy (non-hydrogen) atoms. The zero-order chi connectivity index (χ0) is 11.6. The second-order valence-electron chi connectivity index (χ2n) is 5.18. The van der Waals surface area contributed by atoms with Crippen molar-refractivity contribution in [3.05, 3.63) is 18.5 Å². The number of hydrogen-bond acceptors (Lipinski definition) is 3. The van der Waals surface area contributed by atoms with E-state index >= 15 is 0 Å². The Bertz CT molecular complexity index is 321. The van der Waals surface area contributed by atoms with Gasteiger partial charge in [0.15, 0.2) is 0 Å². The molecule has 0 spiro atoms. The smallest absolute Gasteiger partial charge is 0.0611 e. The van der Waals surface area contributed by atoms with Crippen molar-refractivity contribution < 1.29 is 5.11 Å². The van der Waals surface area contributed by atoms with Crippen molar-refractivity contribution in [1.29, 1.82) is 0 Å². The molecule has 0 amide bonds. The van der Waals surface area contributed by atoms with E-state index in [1.54, 1.807) is 6.20 Å². The third kappa shape index (κ3) is 2.83. The molecule has 0 radical (unpaired) electrons. The Hall–Kier alpha value is -0.870. The fraction of sp³-hybridized carbons (Fsp3) is 0.750. The van der Waals surface area contributed by atoms with Crippen LogP contribution in [0.25, 0.3) is 0 Å². The molecule has 1 aliphatic carbocycles. The zero-order valence-electron chi connectivity index (χ0n) is 10.1. The summed E-state index contributed by atoms with van der Waals surface area (Å²) in [5.74, 6) is 0. The van der Waals surface area contributed by atoms with Crippen LogP contribution in [0.1, 0.15) is 39.2 Å². The maximum atomic E-state index is 9.52. The predicted molar refractivity (Wildman–Crippen MR) is 63.2 cm³/mol. The fourth-order valence-electron chi connectivity index (χ4n) is 2.18. The molecule has 1 aromatic rings. The molecular formula is C12H21N3O. The van der Waals surface area contributed by atoms with E-state index in [0.717, 1.165) is 6.42 Å². The first kappa shape index (κ1) is 11.6. The van der Waals surface area contributed by atoms with Gasteiger partial charge in [-0.15, -0.1) is 0 Å². The topological polar surface area (TPSA) is 50.1 Å². The predicted octanol–water partition coefficient (Wildman–Crippen LogP) is 1.34. The molecular weight excluding hydrogens is 202 g/mol. The molecule has 1 aromatic heterocycles. The molecule has 2 rings (SSSR count). The second-order valence-corrected chi connectivity index (χ2v) is 5.18. The van der Waals surface area contributed by atoms with Crippen LogP contribution >= 0.6 is 0 Å². The van der Waals surface area contributed by atoms with Gasteiger partial charge in [-0.2, -0.15) is 5.10 Å². The van der Waals surface area contributed by atoms with Crippen LogP contribution in [0.15, 0.2) is 18.5 Å². The molecule has 1 aliphatic rings. The van der Waals surface area contributed by atoms with Crippen molar-refractivity contribution in [2.45, 2.75) is 50.7 Å². The normalized spacial score (nSPS) is 21.7. The molecule has 2 atom stereocenters. The SMILES string of the molecule is CC(CC(C)(CO)NC1CC1)n1cccn1. The summed E-state index contributed by atoms with van der Waals surface area (Å²) in [4.78, 5) is 0. The van der Waals surface area contributed by atoms with Crippen LogP contribution in [0.4, 0.5) is 0 Å². The van der Waals surface area contributed by atoms with Crippen molar-refractivity contribution in [2.24, 2.45) is 0 Å². The van der Waals surface area contributed by atoms with Gasteiger partial charge in [-0.3, -0.25) is 4.68 Å². The number of aliphatic hydroxyl groups excluding tert-OH is 1. The molecule has 2 N–H and O–H groups in total. The van der Waals surface area contributed by atoms with E-state index in [9.17, 15) is 5.11 Å². The maximum absolute atomic E-state index is 9.52. The van der Waals surface area contributed by atoms with E-state index < -0.39 is 0 Å². The monoisotopic (exact) mass is 223 g/mol. The van der Waals surface area contributed by atoms with Crippen LogP contribution in [0.3, 0.4) is 0 Å². The number of aromatic nitrogens is 2. The molecule has 0 aromatic carbocycles. The van der Waals surface area contributed by atoms with Crippen molar-refractivity contribution in [3.63, 3.8) is 0 Å². The molecule has 0 aliphatic heterocycles. The van der Waals surface area contributed by atoms with Gasteiger partial charge in [-0.1, -0.05) is 0 Å². The summed E-state index contributed by atoms with van der Waals surface area (Å²) in [5, 5.41) is 17.3. The number of nitrogens with zero attached hydrogens (tertiary/aromatic N) is 2. The largest absolute Gasteiger partial charge is 0.394 e. The summed E-state index contributed by atoms with van der Waals surface area (Å²) in [6.45, 7) is 4.40. The first-order chi connectivity index (χ1) is 7.63. The van der Waals surface area contributed by atoms with Crippen LogP contribution in [-0.4, -0.2) is 33.1 Å². The number of nitrogens with one attached hydrogen (secondary N) is 1. The number of rotatable bonds is 6. The first-order valence-electron chi connectivity index (χ1n) is 6.01. The number of aliphatic hydroxyl groups is 1. The average Bonchev–Trinajstić information content (AvgIpc) is 2.88. The fourth-order valence-corrected chi connectivity index (χ4v) is 2.18. The third-order valence-electron chi connectivity index (χ3n) is 3.20. The summed E-state index contributed by atoms with van der Waals surface area (Å²) in [6, 6.07) is 2.85. The van der Waals surface area contributed by atoms with E-state index in [2.05, 4.69) is 24.3 Å². The Labute approximate surface area is 96.7 Å². The highest BCUT2D eigenvalue weighted by Crippen LogP contribution is 2.27. The highest BCUT2D eigenvalue weighted by molar-refractivity contribution is 4.94. The Morgan fingerprint density at radius 2 is 2.38 bits per heavy atom. The van der Waals surface area contributed by atoms with Gasteiger partial charge in [-0.25, -0.2) is 0 Å². The maximum Gasteiger partial charge on any atom is 0.0611 e. The summed E-state index contributed by atoms with van der Waals surface area (Å²) in [7, 11) is 0. The average molecular weight is 223 g/mol. The Kier molecular flexibility index (Phi) is 3.30. The van der Waals surface area contributed by atoms with Gasteiger partial charge >= 0.3 is 0 Å². The van der Waals surface area contributed by atoms with E-state index in [4.69, 9.17) is 0 Å². The van der Waals surface area contributed by atoms with Gasteiger partial charge in [0.25, 0.3) is 0 Å². The van der Waals surface area contributed by atoms with Crippen molar-refractivity contribution in [2.75, 3.05) is 6.61 Å². The van der Waals surface area contributed by atoms with Gasteiger partial charge in [-0.05, 0) is 39.2 Å². The van der Waals surface area contributed by atoms with Crippen LogP contribution in [0, 0.1) is 0 Å². The van der Waals surface area contributed by atoms with E-state index in [1.807, 2.05) is 16.9 Å². The van der Waals surface area contributed by atoms with Crippen LogP contribution in [-0.2, 0) is 0 Å². The quantitative estimate of drug-likeness (QED) is 0.765. The minimum atomic E-state index is -0.188. The Morgan fingerprint density at radius 1 is 1.62 bits per heavy atom. The van der Waals surface area contributed by atoms with Crippen molar-refractivity contribution >= 4 is 0 Å². The van der Waals surface area contributed by atoms with E-state index in [1.165, 1.54) is 12.8 Å². The number of hydrogen-bond donors (Lipinski definition) is 2. The van der Waals surface area contributed by atoms with Crippen LogP contribution in [0.2, 0.25) is 0 Å². The summed E-state index contributed by atoms with van der Waals surface area (Å²) < 4.78 is 1.95. The minimum Gasteiger partial charge on any atom is -0.394 e. The third-order valence-corrected chi connectivity index (χ3v) is 3.20. The zero-order valence-corrected chi connectivity index (χ0v) is 10.1. The van der Waals surface area contributed by atoms with Crippen LogP contribution < -0.4 is 5.32 Å². The standard InChI is InChI=1S/C12H21N3O/c1-10(15-7-3-6-13-15)8-12(2,9-16)14-11-4-5-11/h3,6-7,10-11,14,16H,4-5,8-9H2,1-2H3. The molecule has 0 saturated heterocycles. The highest BCUT2D eigenvalue weighted by Gasteiger charge is 2.33. The molecule has 1 fully saturated rings. The second kappa shape index (κ2) is 4.55. The minimum absolute atomic E-state index is 0.176. The van der Waals surface area contributed by atoms with Crippen molar-refractivity contribution in [3.8, 4) is 0 Å².